The van der Waals surface area contributed by atoms with E-state index in [4.69, 9.17) is 4.52 Å². The first kappa shape index (κ1) is 15.3. The van der Waals surface area contributed by atoms with E-state index in [0.717, 1.165) is 43.8 Å². The Bertz CT molecular complexity index is 588. The molecule has 1 saturated heterocycles. The summed E-state index contributed by atoms with van der Waals surface area (Å²) in [5.41, 5.74) is 3.91. The number of hydrogen-bond acceptors (Lipinski definition) is 3. The Morgan fingerprint density at radius 3 is 2.68 bits per heavy atom. The van der Waals surface area contributed by atoms with E-state index in [1.807, 2.05) is 0 Å². The third-order valence-corrected chi connectivity index (χ3v) is 4.60. The van der Waals surface area contributed by atoms with Crippen LogP contribution in [0.3, 0.4) is 0 Å². The molecule has 1 aromatic carbocycles. The van der Waals surface area contributed by atoms with Crippen LogP contribution in [0.15, 0.2) is 34.9 Å². The van der Waals surface area contributed by atoms with E-state index in [1.54, 1.807) is 0 Å². The molecular formula is C19H26N2O. The molecule has 2 heterocycles. The molecule has 1 aliphatic heterocycles. The normalized spacial score (nSPS) is 18.9. The van der Waals surface area contributed by atoms with Gasteiger partial charge in [-0.1, -0.05) is 43.3 Å². The smallest absolute Gasteiger partial charge is 0.137 e. The average molecular weight is 298 g/mol. The lowest BCUT2D eigenvalue weighted by atomic mass is 10.1. The molecular weight excluding hydrogens is 272 g/mol. The van der Waals surface area contributed by atoms with Crippen molar-refractivity contribution in [1.82, 2.24) is 10.1 Å². The van der Waals surface area contributed by atoms with Gasteiger partial charge in [0.05, 0.1) is 6.04 Å². The third-order valence-electron chi connectivity index (χ3n) is 4.60. The molecule has 1 fully saturated rings. The van der Waals surface area contributed by atoms with Gasteiger partial charge < -0.3 is 4.52 Å². The highest BCUT2D eigenvalue weighted by Gasteiger charge is 2.28. The van der Waals surface area contributed by atoms with Crippen LogP contribution in [0.1, 0.15) is 61.7 Å². The summed E-state index contributed by atoms with van der Waals surface area (Å²) < 4.78 is 5.47. The summed E-state index contributed by atoms with van der Waals surface area (Å²) in [6.07, 6.45) is 5.62. The zero-order valence-corrected chi connectivity index (χ0v) is 13.7. The molecule has 3 heteroatoms. The van der Waals surface area contributed by atoms with Crippen molar-refractivity contribution >= 4 is 0 Å². The monoisotopic (exact) mass is 298 g/mol. The van der Waals surface area contributed by atoms with Crippen molar-refractivity contribution in [2.45, 2.75) is 58.5 Å². The molecule has 22 heavy (non-hydrogen) atoms. The van der Waals surface area contributed by atoms with Gasteiger partial charge >= 0.3 is 0 Å². The highest BCUT2D eigenvalue weighted by Crippen LogP contribution is 2.33. The van der Waals surface area contributed by atoms with Crippen LogP contribution in [0.2, 0.25) is 0 Å². The molecule has 0 amide bonds. The summed E-state index contributed by atoms with van der Waals surface area (Å²) in [6, 6.07) is 11.6. The maximum atomic E-state index is 5.47. The molecule has 0 bridgehead atoms. The van der Waals surface area contributed by atoms with E-state index in [9.17, 15) is 0 Å². The first-order valence-electron chi connectivity index (χ1n) is 8.57. The van der Waals surface area contributed by atoms with Gasteiger partial charge in [0.2, 0.25) is 0 Å². The minimum Gasteiger partial charge on any atom is -0.361 e. The Morgan fingerprint density at radius 2 is 1.95 bits per heavy atom. The van der Waals surface area contributed by atoms with E-state index in [1.165, 1.54) is 24.0 Å². The molecule has 1 unspecified atom stereocenters. The molecule has 2 aromatic rings. The Balaban J connectivity index is 1.69. The SMILES string of the molecule is CCCc1cc(C2CCCN2Cc2ccc(CC)cc2)no1. The minimum atomic E-state index is 0.417. The molecule has 1 atom stereocenters. The molecule has 3 nitrogen and oxygen atoms in total. The second-order valence-corrected chi connectivity index (χ2v) is 6.27. The van der Waals surface area contributed by atoms with Crippen LogP contribution in [0.25, 0.3) is 0 Å². The summed E-state index contributed by atoms with van der Waals surface area (Å²) in [7, 11) is 0. The fraction of sp³-hybridized carbons (Fsp3) is 0.526. The van der Waals surface area contributed by atoms with E-state index in [0.29, 0.717) is 6.04 Å². The largest absolute Gasteiger partial charge is 0.361 e. The maximum absolute atomic E-state index is 5.47. The van der Waals surface area contributed by atoms with E-state index in [-0.39, 0.29) is 0 Å². The summed E-state index contributed by atoms with van der Waals surface area (Å²) in [5.74, 6) is 1.02. The molecule has 1 aromatic heterocycles. The predicted molar refractivity (Wildman–Crippen MR) is 88.7 cm³/mol. The number of likely N-dealkylation sites (tertiary alicyclic amines) is 1. The lowest BCUT2D eigenvalue weighted by Crippen LogP contribution is -2.23. The summed E-state index contributed by atoms with van der Waals surface area (Å²) >= 11 is 0. The predicted octanol–water partition coefficient (Wildman–Crippen LogP) is 4.53. The molecule has 0 spiro atoms. The lowest BCUT2D eigenvalue weighted by molar-refractivity contribution is 0.236. The van der Waals surface area contributed by atoms with E-state index < -0.39 is 0 Å². The summed E-state index contributed by atoms with van der Waals surface area (Å²) in [6.45, 7) is 6.52. The molecule has 1 aliphatic rings. The van der Waals surface area contributed by atoms with E-state index >= 15 is 0 Å². The van der Waals surface area contributed by atoms with Gasteiger partial charge in [-0.15, -0.1) is 0 Å². The van der Waals surface area contributed by atoms with Gasteiger partial charge in [-0.25, -0.2) is 0 Å². The second kappa shape index (κ2) is 7.10. The van der Waals surface area contributed by atoms with Crippen molar-refractivity contribution in [1.29, 1.82) is 0 Å². The molecule has 3 rings (SSSR count). The molecule has 0 N–H and O–H groups in total. The number of nitrogens with zero attached hydrogens (tertiary/aromatic N) is 2. The Morgan fingerprint density at radius 1 is 1.18 bits per heavy atom. The molecule has 118 valence electrons. The van der Waals surface area contributed by atoms with Gasteiger partial charge in [0, 0.05) is 19.0 Å². The standard InChI is InChI=1S/C19H26N2O/c1-3-6-17-13-18(20-22-17)19-7-5-12-21(19)14-16-10-8-15(4-2)9-11-16/h8-11,13,19H,3-7,12,14H2,1-2H3. The Hall–Kier alpha value is -1.61. The van der Waals surface area contributed by atoms with Gasteiger partial charge in [0.15, 0.2) is 0 Å². The van der Waals surface area contributed by atoms with Crippen LogP contribution in [-0.4, -0.2) is 16.6 Å². The van der Waals surface area contributed by atoms with Crippen molar-refractivity contribution in [3.8, 4) is 0 Å². The van der Waals surface area contributed by atoms with Crippen molar-refractivity contribution in [2.24, 2.45) is 0 Å². The zero-order valence-electron chi connectivity index (χ0n) is 13.7. The number of aryl methyl sites for hydroxylation is 2. The highest BCUT2D eigenvalue weighted by atomic mass is 16.5. The van der Waals surface area contributed by atoms with Crippen LogP contribution < -0.4 is 0 Å². The van der Waals surface area contributed by atoms with Crippen LogP contribution >= 0.6 is 0 Å². The lowest BCUT2D eigenvalue weighted by Gasteiger charge is -2.22. The van der Waals surface area contributed by atoms with E-state index in [2.05, 4.69) is 54.2 Å². The third kappa shape index (κ3) is 3.41. The minimum absolute atomic E-state index is 0.417. The van der Waals surface area contributed by atoms with Gasteiger partial charge in [0.25, 0.3) is 0 Å². The fourth-order valence-electron chi connectivity index (χ4n) is 3.32. The van der Waals surface area contributed by atoms with Gasteiger partial charge in [-0.3, -0.25) is 4.90 Å². The Kier molecular flexibility index (Phi) is 4.94. The van der Waals surface area contributed by atoms with Gasteiger partial charge in [-0.05, 0) is 43.4 Å². The number of hydrogen-bond donors (Lipinski definition) is 0. The highest BCUT2D eigenvalue weighted by molar-refractivity contribution is 5.23. The summed E-state index contributed by atoms with van der Waals surface area (Å²) in [5, 5.41) is 4.32. The average Bonchev–Trinajstić information content (AvgIpc) is 3.17. The molecule has 0 radical (unpaired) electrons. The number of aromatic nitrogens is 1. The van der Waals surface area contributed by atoms with Gasteiger partial charge in [-0.2, -0.15) is 0 Å². The van der Waals surface area contributed by atoms with Crippen molar-refractivity contribution in [2.75, 3.05) is 6.54 Å². The summed E-state index contributed by atoms with van der Waals surface area (Å²) in [4.78, 5) is 2.54. The van der Waals surface area contributed by atoms with Crippen LogP contribution in [0.4, 0.5) is 0 Å². The van der Waals surface area contributed by atoms with Crippen molar-refractivity contribution in [3.05, 3.63) is 52.9 Å². The molecule has 0 aliphatic carbocycles. The van der Waals surface area contributed by atoms with Crippen LogP contribution in [0, 0.1) is 0 Å². The molecule has 0 saturated carbocycles. The van der Waals surface area contributed by atoms with Crippen molar-refractivity contribution in [3.63, 3.8) is 0 Å². The van der Waals surface area contributed by atoms with Gasteiger partial charge in [0.1, 0.15) is 11.5 Å². The Labute approximate surface area is 133 Å². The fourth-order valence-corrected chi connectivity index (χ4v) is 3.32. The zero-order chi connectivity index (χ0) is 15.4. The number of benzene rings is 1. The van der Waals surface area contributed by atoms with Crippen molar-refractivity contribution < 1.29 is 4.52 Å². The second-order valence-electron chi connectivity index (χ2n) is 6.27. The van der Waals surface area contributed by atoms with Crippen LogP contribution in [-0.2, 0) is 19.4 Å². The number of rotatable bonds is 6. The quantitative estimate of drug-likeness (QED) is 0.785. The maximum Gasteiger partial charge on any atom is 0.137 e. The van der Waals surface area contributed by atoms with Crippen LogP contribution in [0.5, 0.6) is 0 Å². The first-order chi connectivity index (χ1) is 10.8. The first-order valence-corrected chi connectivity index (χ1v) is 8.57. The topological polar surface area (TPSA) is 29.3 Å².